The smallest absolute Gasteiger partial charge is 0.250 e. The van der Waals surface area contributed by atoms with E-state index in [4.69, 9.17) is 19.9 Å². The van der Waals surface area contributed by atoms with E-state index in [0.29, 0.717) is 38.9 Å². The topological polar surface area (TPSA) is 309 Å². The summed E-state index contributed by atoms with van der Waals surface area (Å²) in [5.74, 6) is -0.466. The van der Waals surface area contributed by atoms with E-state index in [0.717, 1.165) is 240 Å². The zero-order valence-corrected chi connectivity index (χ0v) is 89.3. The third-order valence-electron chi connectivity index (χ3n) is 30.7. The molecule has 7 aliphatic rings. The predicted octanol–water partition coefficient (Wildman–Crippen LogP) is 23.8. The minimum absolute atomic E-state index is 0.00395. The average Bonchev–Trinajstić information content (AvgIpc) is 1.63. The second-order valence-electron chi connectivity index (χ2n) is 40.2. The van der Waals surface area contributed by atoms with Crippen LogP contribution in [0.4, 0.5) is 0 Å². The Bertz CT molecular complexity index is 6550. The minimum atomic E-state index is -3.09. The van der Waals surface area contributed by atoms with E-state index < -0.39 is 34.0 Å². The number of hydrogen-bond acceptors (Lipinski definition) is 21. The van der Waals surface area contributed by atoms with Crippen molar-refractivity contribution in [3.63, 3.8) is 0 Å². The van der Waals surface area contributed by atoms with Gasteiger partial charge < -0.3 is 40.9 Å². The Morgan fingerprint density at radius 2 is 0.648 bits per heavy atom. The van der Waals surface area contributed by atoms with Crippen LogP contribution in [0.5, 0.6) is 0 Å². The number of benzene rings is 6. The molecule has 5 aliphatic heterocycles. The van der Waals surface area contributed by atoms with E-state index in [1.165, 1.54) is 24.2 Å². The number of pyridine rings is 2. The molecule has 2 saturated carbocycles. The molecule has 7 aromatic heterocycles. The SMILES string of the molecule is CC[C@@H](C)C(=O)N[C@H](C(=O)N1CCC[C@H]1c1nc2c(-c3ccccc3)cccc2s1)C1CCCCC1.CC[C@@H](C)C(=O)N[C@H](C(=O)N1CCC[C@H]1c1nc2c(-c3ccccc3)cccc2s1)c1ccsc1.CC[C@@H](C)C(=O)N[C@H](C(=O)N1CCC[C@H]1c1nc2c(-c3ccccc3)nccc2s1)C1CCCCC1.CC[C@@H](C)C(=O)N[C@H](C(=O)N1CCC[C@H]1c1nc2c(-c3ccccc3)nccc2s1)C1CCS(=O)(=O)CC1. The number of carbonyl (C=O) groups excluding carboxylic acids is 8. The van der Waals surface area contributed by atoms with Gasteiger partial charge in [0.15, 0.2) is 0 Å². The zero-order valence-electron chi connectivity index (χ0n) is 84.4. The molecular weight excluding hydrogens is 1930 g/mol. The second kappa shape index (κ2) is 48.9. The molecule has 8 amide bonds. The number of rotatable bonds is 28. The molecule has 0 bridgehead atoms. The first kappa shape index (κ1) is 105. The molecule has 0 radical (unpaired) electrons. The first-order valence-electron chi connectivity index (χ1n) is 52.6. The molecule has 4 N–H and O–H groups in total. The molecule has 762 valence electrons. The number of fused-ring (bicyclic) bond motifs is 4. The van der Waals surface area contributed by atoms with Crippen molar-refractivity contribution in [3.05, 3.63) is 225 Å². The van der Waals surface area contributed by atoms with Gasteiger partial charge >= 0.3 is 0 Å². The van der Waals surface area contributed by atoms with Crippen molar-refractivity contribution in [1.29, 1.82) is 0 Å². The van der Waals surface area contributed by atoms with E-state index >= 15 is 0 Å². The fourth-order valence-electron chi connectivity index (χ4n) is 21.4. The number of nitrogens with zero attached hydrogens (tertiary/aromatic N) is 10. The molecule has 0 unspecified atom stereocenters. The van der Waals surface area contributed by atoms with E-state index in [-0.39, 0.29) is 124 Å². The van der Waals surface area contributed by atoms with Crippen LogP contribution in [0.1, 0.15) is 265 Å². The standard InChI is InChI=1S/C30H37N3O2S.C29H36N4O2S.C28H34N4O4S2.C28H29N3O2S2/c1-3-20(2)28(34)31-26(22-14-8-5-9-15-22)30(35)33-19-11-17-24(33)29-32-27-23(16-10-18-25(27)36-29)21-12-6-4-7-13-21;1-3-19(2)27(34)31-25(21-13-8-5-9-14-21)29(35)33-18-10-15-22(33)28-32-26-23(36-28)16-17-30-24(26)20-11-6-4-7-12-20;1-3-18(2)26(33)30-24(20-12-16-38(35,36)17-13-20)28(34)32-15-7-10-21(32)27-31-25-22(37-27)11-14-29-23(25)19-8-5-4-6-9-19;1-3-18(2)26(32)29-24(20-14-16-34-17-20)28(33)31-15-8-12-22(31)27-30-25-21(11-7-13-23(25)35-27)19-9-5-4-6-10-19/h4,6-7,10,12-13,16,18,20,22,24,26H,3,5,8-9,11,14-15,17,19H2,1-2H3,(H,31,34);4,6-7,11-12,16-17,19,21-22,25H,3,5,8-10,13-15,18H2,1-2H3,(H,31,34);4-6,8-9,11,14,18,20-21,24H,3,7,10,12-13,15-17H2,1-2H3,(H,30,33);4-7,9-11,13-14,16-18,22,24H,3,8,12,15H2,1-2H3,(H,29,32)/t20-,24+,26+;19-,22+,25+;18-,21+,24+;18-,22+,24+/m1111/s1. The number of thiazole rings is 4. The molecule has 30 heteroatoms. The quantitative estimate of drug-likeness (QED) is 0.0354. The van der Waals surface area contributed by atoms with Gasteiger partial charge in [-0.1, -0.05) is 240 Å². The summed E-state index contributed by atoms with van der Waals surface area (Å²) in [6.45, 7) is 18.3. The van der Waals surface area contributed by atoms with E-state index in [1.54, 1.807) is 51.5 Å². The summed E-state index contributed by atoms with van der Waals surface area (Å²) in [7, 11) is -3.09. The van der Waals surface area contributed by atoms with E-state index in [9.17, 15) is 46.8 Å². The number of aromatic nitrogens is 6. The van der Waals surface area contributed by atoms with Crippen LogP contribution in [0.15, 0.2) is 199 Å². The second-order valence-corrected chi connectivity index (χ2v) is 47.6. The normalized spacial score (nSPS) is 19.9. The summed E-state index contributed by atoms with van der Waals surface area (Å²) in [6.07, 6.45) is 25.5. The van der Waals surface area contributed by atoms with Gasteiger partial charge in [0.2, 0.25) is 47.3 Å². The van der Waals surface area contributed by atoms with E-state index in [1.807, 2.05) is 183 Å². The molecule has 5 saturated heterocycles. The van der Waals surface area contributed by atoms with Crippen LogP contribution in [0.25, 0.3) is 85.6 Å². The van der Waals surface area contributed by atoms with Gasteiger partial charge in [0.1, 0.15) is 65.1 Å². The largest absolute Gasteiger partial charge is 0.344 e. The molecule has 145 heavy (non-hydrogen) atoms. The van der Waals surface area contributed by atoms with Crippen LogP contribution < -0.4 is 21.3 Å². The highest BCUT2D eigenvalue weighted by molar-refractivity contribution is 7.91. The maximum Gasteiger partial charge on any atom is 0.250 e. The Morgan fingerprint density at radius 1 is 0.338 bits per heavy atom. The van der Waals surface area contributed by atoms with Crippen LogP contribution in [0.2, 0.25) is 0 Å². The lowest BCUT2D eigenvalue weighted by Crippen LogP contribution is -2.54. The van der Waals surface area contributed by atoms with Crippen molar-refractivity contribution < 1.29 is 46.8 Å². The molecule has 24 nitrogen and oxygen atoms in total. The Kier molecular flexibility index (Phi) is 35.4. The molecule has 12 heterocycles. The number of para-hydroxylation sites is 2. The van der Waals surface area contributed by atoms with Crippen molar-refractivity contribution in [1.82, 2.24) is 70.8 Å². The summed E-state index contributed by atoms with van der Waals surface area (Å²) in [5.41, 5.74) is 12.9. The molecule has 12 atom stereocenters. The van der Waals surface area contributed by atoms with Gasteiger partial charge in [0, 0.05) is 84.5 Å². The lowest BCUT2D eigenvalue weighted by atomic mass is 9.83. The summed E-state index contributed by atoms with van der Waals surface area (Å²) < 4.78 is 28.5. The molecule has 13 aromatic rings. The Labute approximate surface area is 872 Å². The van der Waals surface area contributed by atoms with Crippen molar-refractivity contribution in [2.45, 2.75) is 258 Å². The summed E-state index contributed by atoms with van der Waals surface area (Å²) in [6, 6.07) is 56.7. The lowest BCUT2D eigenvalue weighted by Gasteiger charge is -2.35. The van der Waals surface area contributed by atoms with Crippen molar-refractivity contribution in [3.8, 4) is 44.8 Å². The van der Waals surface area contributed by atoms with Crippen LogP contribution in [0, 0.1) is 41.4 Å². The van der Waals surface area contributed by atoms with Gasteiger partial charge in [0.05, 0.1) is 76.9 Å². The highest BCUT2D eigenvalue weighted by Gasteiger charge is 2.46. The van der Waals surface area contributed by atoms with Gasteiger partial charge in [-0.05, 0) is 191 Å². The monoisotopic (exact) mass is 2060 g/mol. The van der Waals surface area contributed by atoms with Crippen molar-refractivity contribution in [2.75, 3.05) is 37.7 Å². The molecular formula is C115H136N14O10S6. The average molecular weight is 2070 g/mol. The molecule has 2 aliphatic carbocycles. The maximum absolute atomic E-state index is 14.1. The van der Waals surface area contributed by atoms with Crippen LogP contribution in [0.3, 0.4) is 0 Å². The number of carbonyl (C=O) groups is 8. The number of amides is 8. The number of likely N-dealkylation sites (tertiary alicyclic amines) is 4. The Balaban J connectivity index is 0.000000132. The first-order chi connectivity index (χ1) is 70.5. The van der Waals surface area contributed by atoms with Crippen molar-refractivity contribution >= 4 is 155 Å². The van der Waals surface area contributed by atoms with Crippen LogP contribution in [-0.4, -0.2) is 161 Å². The first-order valence-corrected chi connectivity index (χ1v) is 58.7. The van der Waals surface area contributed by atoms with Gasteiger partial charge in [-0.2, -0.15) is 11.3 Å². The zero-order chi connectivity index (χ0) is 101. The Morgan fingerprint density at radius 3 is 0.979 bits per heavy atom. The summed E-state index contributed by atoms with van der Waals surface area (Å²) >= 11 is 8.15. The maximum atomic E-state index is 14.1. The molecule has 20 rings (SSSR count). The summed E-state index contributed by atoms with van der Waals surface area (Å²) in [4.78, 5) is 145. The number of thiophene rings is 1. The fraction of sp³-hybridized carbons (Fsp3) is 0.461. The van der Waals surface area contributed by atoms with Gasteiger partial charge in [-0.3, -0.25) is 48.3 Å². The highest BCUT2D eigenvalue weighted by Crippen LogP contribution is 2.47. The molecule has 7 fully saturated rings. The predicted molar refractivity (Wildman–Crippen MR) is 584 cm³/mol. The third kappa shape index (κ3) is 24.5. The highest BCUT2D eigenvalue weighted by atomic mass is 32.2. The van der Waals surface area contributed by atoms with Crippen molar-refractivity contribution in [2.24, 2.45) is 41.4 Å². The minimum Gasteiger partial charge on any atom is -0.344 e. The molecule has 6 aromatic carbocycles. The lowest BCUT2D eigenvalue weighted by molar-refractivity contribution is -0.140. The summed E-state index contributed by atoms with van der Waals surface area (Å²) in [5, 5.41) is 20.2. The Hall–Kier alpha value is -11.4. The van der Waals surface area contributed by atoms with Gasteiger partial charge in [-0.25, -0.2) is 28.4 Å². The van der Waals surface area contributed by atoms with Gasteiger partial charge in [0.25, 0.3) is 0 Å². The molecule has 0 spiro atoms. The number of nitrogens with one attached hydrogen (secondary N) is 4. The fourth-order valence-corrected chi connectivity index (χ4v) is 28.1. The van der Waals surface area contributed by atoms with E-state index in [2.05, 4.69) is 116 Å². The third-order valence-corrected chi connectivity index (χ3v) is 37.6. The van der Waals surface area contributed by atoms with Crippen LogP contribution >= 0.6 is 56.7 Å². The number of hydrogen-bond donors (Lipinski definition) is 4. The number of sulfone groups is 1. The van der Waals surface area contributed by atoms with Crippen LogP contribution in [-0.2, 0) is 48.2 Å². The van der Waals surface area contributed by atoms with Gasteiger partial charge in [-0.15, -0.1) is 45.3 Å².